The minimum absolute atomic E-state index is 0.0494. The van der Waals surface area contributed by atoms with Gasteiger partial charge in [0.05, 0.1) is 6.61 Å². The van der Waals surface area contributed by atoms with Crippen LogP contribution in [0.4, 0.5) is 0 Å². The van der Waals surface area contributed by atoms with Crippen LogP contribution in [0.15, 0.2) is 48.6 Å². The van der Waals surface area contributed by atoms with E-state index in [-0.39, 0.29) is 31.2 Å². The molecule has 0 aromatic heterocycles. The Morgan fingerprint density at radius 3 is 1.81 bits per heavy atom. The van der Waals surface area contributed by atoms with Gasteiger partial charge in [-0.2, -0.15) is 0 Å². The summed E-state index contributed by atoms with van der Waals surface area (Å²) in [5.41, 5.74) is 0. The van der Waals surface area contributed by atoms with E-state index < -0.39 is 18.7 Å². The molecule has 6 nitrogen and oxygen atoms in total. The van der Waals surface area contributed by atoms with Crippen LogP contribution in [0, 0.1) is 5.92 Å². The molecule has 0 rings (SSSR count). The molecule has 6 heteroatoms. The standard InChI is InChI=1S/C41H70O6/c1-4-5-6-7-8-9-10-11-15-18-21-24-27-31-38(43)32-29-34-40(44)46-36-39(35-42)47-41(45)33-28-25-22-19-16-13-12-14-17-20-23-26-30-37(2)3/h8-9,11,15,21,24,27,31,37,39,42H,4-7,10,12-14,16-20,22-23,25-26,28-30,32-36H2,1-3H3/b9-8-,15-11-,24-21-,31-27+/t39-/m0/s1. The van der Waals surface area contributed by atoms with Crippen LogP contribution in [0.1, 0.15) is 168 Å². The Kier molecular flexibility index (Phi) is 33.0. The second kappa shape index (κ2) is 34.9. The zero-order valence-corrected chi connectivity index (χ0v) is 30.4. The van der Waals surface area contributed by atoms with Gasteiger partial charge in [-0.25, -0.2) is 0 Å². The zero-order chi connectivity index (χ0) is 34.6. The zero-order valence-electron chi connectivity index (χ0n) is 30.4. The summed E-state index contributed by atoms with van der Waals surface area (Å²) >= 11 is 0. The molecule has 0 unspecified atom stereocenters. The number of hydrogen-bond donors (Lipinski definition) is 1. The second-order valence-electron chi connectivity index (χ2n) is 13.2. The molecule has 0 spiro atoms. The molecule has 0 aliphatic carbocycles. The molecule has 0 radical (unpaired) electrons. The highest BCUT2D eigenvalue weighted by molar-refractivity contribution is 5.90. The van der Waals surface area contributed by atoms with Gasteiger partial charge >= 0.3 is 11.9 Å². The van der Waals surface area contributed by atoms with Crippen molar-refractivity contribution in [3.05, 3.63) is 48.6 Å². The number of unbranched alkanes of at least 4 members (excludes halogenated alkanes) is 14. The van der Waals surface area contributed by atoms with Gasteiger partial charge in [0.25, 0.3) is 0 Å². The van der Waals surface area contributed by atoms with E-state index in [1.165, 1.54) is 89.5 Å². The molecule has 47 heavy (non-hydrogen) atoms. The minimum atomic E-state index is -0.861. The SMILES string of the molecule is CCCCC/C=C\C/C=C\C/C=C\C=C\C(=O)CCCC(=O)OC[C@H](CO)OC(=O)CCCCCCCCCCCCCCC(C)C. The van der Waals surface area contributed by atoms with Gasteiger partial charge in [-0.05, 0) is 50.5 Å². The second-order valence-corrected chi connectivity index (χ2v) is 13.2. The Hall–Kier alpha value is -2.47. The van der Waals surface area contributed by atoms with Gasteiger partial charge in [-0.15, -0.1) is 0 Å². The molecule has 0 aromatic rings. The van der Waals surface area contributed by atoms with Crippen molar-refractivity contribution in [2.24, 2.45) is 5.92 Å². The van der Waals surface area contributed by atoms with Crippen molar-refractivity contribution in [2.45, 2.75) is 175 Å². The summed E-state index contributed by atoms with van der Waals surface area (Å²) in [7, 11) is 0. The molecule has 1 atom stereocenters. The lowest BCUT2D eigenvalue weighted by atomic mass is 10.0. The van der Waals surface area contributed by atoms with E-state index >= 15 is 0 Å². The third-order valence-electron chi connectivity index (χ3n) is 8.03. The monoisotopic (exact) mass is 659 g/mol. The fourth-order valence-electron chi connectivity index (χ4n) is 5.10. The van der Waals surface area contributed by atoms with Crippen LogP contribution in [-0.2, 0) is 23.9 Å². The number of rotatable bonds is 33. The molecule has 0 aromatic carbocycles. The Morgan fingerprint density at radius 2 is 1.19 bits per heavy atom. The summed E-state index contributed by atoms with van der Waals surface area (Å²) in [6.07, 6.45) is 38.8. The first-order valence-electron chi connectivity index (χ1n) is 19.0. The summed E-state index contributed by atoms with van der Waals surface area (Å²) in [5.74, 6) is -0.0678. The number of aliphatic hydroxyl groups is 1. The molecule has 0 aliphatic rings. The molecule has 0 heterocycles. The summed E-state index contributed by atoms with van der Waals surface area (Å²) in [6, 6.07) is 0. The third kappa shape index (κ3) is 34.7. The number of hydrogen-bond acceptors (Lipinski definition) is 6. The van der Waals surface area contributed by atoms with Crippen molar-refractivity contribution in [1.29, 1.82) is 0 Å². The number of ether oxygens (including phenoxy) is 2. The predicted octanol–water partition coefficient (Wildman–Crippen LogP) is 10.9. The number of esters is 2. The van der Waals surface area contributed by atoms with Crippen molar-refractivity contribution in [3.8, 4) is 0 Å². The van der Waals surface area contributed by atoms with Crippen LogP contribution < -0.4 is 0 Å². The Balaban J connectivity index is 3.77. The fourth-order valence-corrected chi connectivity index (χ4v) is 5.10. The van der Waals surface area contributed by atoms with Crippen molar-refractivity contribution < 1.29 is 29.0 Å². The summed E-state index contributed by atoms with van der Waals surface area (Å²) in [6.45, 7) is 6.22. The van der Waals surface area contributed by atoms with Crippen LogP contribution >= 0.6 is 0 Å². The lowest BCUT2D eigenvalue weighted by molar-refractivity contribution is -0.161. The highest BCUT2D eigenvalue weighted by Crippen LogP contribution is 2.15. The molecular formula is C41H70O6. The lowest BCUT2D eigenvalue weighted by Crippen LogP contribution is -2.28. The van der Waals surface area contributed by atoms with Gasteiger partial charge in [0, 0.05) is 19.3 Å². The van der Waals surface area contributed by atoms with Gasteiger partial charge in [0.1, 0.15) is 6.61 Å². The molecule has 0 saturated carbocycles. The number of ketones is 1. The van der Waals surface area contributed by atoms with E-state index in [1.807, 2.05) is 12.2 Å². The topological polar surface area (TPSA) is 89.9 Å². The number of carbonyl (C=O) groups is 3. The third-order valence-corrected chi connectivity index (χ3v) is 8.03. The van der Waals surface area contributed by atoms with Crippen LogP contribution in [0.3, 0.4) is 0 Å². The van der Waals surface area contributed by atoms with Crippen molar-refractivity contribution in [2.75, 3.05) is 13.2 Å². The van der Waals surface area contributed by atoms with E-state index in [4.69, 9.17) is 9.47 Å². The van der Waals surface area contributed by atoms with E-state index in [9.17, 15) is 19.5 Å². The first-order chi connectivity index (χ1) is 22.9. The van der Waals surface area contributed by atoms with Gasteiger partial charge in [-0.1, -0.05) is 153 Å². The van der Waals surface area contributed by atoms with E-state index in [0.717, 1.165) is 44.4 Å². The molecule has 0 bridgehead atoms. The largest absolute Gasteiger partial charge is 0.462 e. The Bertz CT molecular complexity index is 869. The molecular weight excluding hydrogens is 588 g/mol. The van der Waals surface area contributed by atoms with Gasteiger partial charge in [0.2, 0.25) is 0 Å². The fraction of sp³-hybridized carbons (Fsp3) is 0.732. The Labute approximate surface area is 288 Å². The number of carbonyl (C=O) groups excluding carboxylic acids is 3. The maximum atomic E-state index is 12.1. The number of aliphatic hydroxyl groups excluding tert-OH is 1. The van der Waals surface area contributed by atoms with Gasteiger partial charge in [-0.3, -0.25) is 14.4 Å². The smallest absolute Gasteiger partial charge is 0.306 e. The average Bonchev–Trinajstić information content (AvgIpc) is 3.05. The molecule has 1 N–H and O–H groups in total. The normalized spacial score (nSPS) is 12.7. The molecule has 270 valence electrons. The minimum Gasteiger partial charge on any atom is -0.462 e. The van der Waals surface area contributed by atoms with Crippen LogP contribution in [-0.4, -0.2) is 42.1 Å². The van der Waals surface area contributed by atoms with Crippen LogP contribution in [0.25, 0.3) is 0 Å². The highest BCUT2D eigenvalue weighted by atomic mass is 16.6. The molecule has 0 saturated heterocycles. The van der Waals surface area contributed by atoms with Gasteiger partial charge < -0.3 is 14.6 Å². The molecule has 0 amide bonds. The quantitative estimate of drug-likeness (QED) is 0.0248. The van der Waals surface area contributed by atoms with Crippen LogP contribution in [0.5, 0.6) is 0 Å². The highest BCUT2D eigenvalue weighted by Gasteiger charge is 2.16. The van der Waals surface area contributed by atoms with E-state index in [0.29, 0.717) is 12.8 Å². The first kappa shape index (κ1) is 44.5. The predicted molar refractivity (Wildman–Crippen MR) is 196 cm³/mol. The summed E-state index contributed by atoms with van der Waals surface area (Å²) in [4.78, 5) is 36.2. The maximum absolute atomic E-state index is 12.1. The van der Waals surface area contributed by atoms with E-state index in [2.05, 4.69) is 45.1 Å². The van der Waals surface area contributed by atoms with Crippen LogP contribution in [0.2, 0.25) is 0 Å². The molecule has 0 fully saturated rings. The lowest BCUT2D eigenvalue weighted by Gasteiger charge is -2.15. The van der Waals surface area contributed by atoms with Crippen molar-refractivity contribution in [1.82, 2.24) is 0 Å². The van der Waals surface area contributed by atoms with Crippen molar-refractivity contribution in [3.63, 3.8) is 0 Å². The maximum Gasteiger partial charge on any atom is 0.306 e. The summed E-state index contributed by atoms with van der Waals surface area (Å²) < 4.78 is 10.4. The number of allylic oxidation sites excluding steroid dienone is 8. The van der Waals surface area contributed by atoms with E-state index in [1.54, 1.807) is 6.08 Å². The van der Waals surface area contributed by atoms with Crippen molar-refractivity contribution >= 4 is 17.7 Å². The average molecular weight is 659 g/mol. The Morgan fingerprint density at radius 1 is 0.617 bits per heavy atom. The summed E-state index contributed by atoms with van der Waals surface area (Å²) in [5, 5.41) is 9.53. The first-order valence-corrected chi connectivity index (χ1v) is 19.0. The van der Waals surface area contributed by atoms with Gasteiger partial charge in [0.15, 0.2) is 11.9 Å². The molecule has 0 aliphatic heterocycles.